The highest BCUT2D eigenvalue weighted by molar-refractivity contribution is 5.90. The number of nitrogens with zero attached hydrogens (tertiary/aromatic N) is 4. The number of ether oxygens (including phenoxy) is 1. The van der Waals surface area contributed by atoms with Crippen LogP contribution in [0.4, 0.5) is 5.95 Å². The number of carbonyl (C=O) groups is 2. The van der Waals surface area contributed by atoms with Gasteiger partial charge in [-0.3, -0.25) is 14.9 Å². The Balaban J connectivity index is 1.49. The smallest absolute Gasteiger partial charge is 0.341 e. The number of aromatic nitrogens is 4. The van der Waals surface area contributed by atoms with Crippen molar-refractivity contribution in [2.45, 2.75) is 39.2 Å². The average Bonchev–Trinajstić information content (AvgIpc) is 3.44. The van der Waals surface area contributed by atoms with Crippen molar-refractivity contribution in [1.29, 1.82) is 0 Å². The van der Waals surface area contributed by atoms with Gasteiger partial charge in [0.05, 0.1) is 17.6 Å². The maximum atomic E-state index is 12.7. The fourth-order valence-electron chi connectivity index (χ4n) is 2.94. The second-order valence-corrected chi connectivity index (χ2v) is 6.78. The van der Waals surface area contributed by atoms with Gasteiger partial charge in [-0.05, 0) is 32.8 Å². The summed E-state index contributed by atoms with van der Waals surface area (Å²) in [6, 6.07) is 1.75. The zero-order valence-electron chi connectivity index (χ0n) is 16.0. The van der Waals surface area contributed by atoms with E-state index in [2.05, 4.69) is 20.4 Å². The minimum absolute atomic E-state index is 0.00762. The van der Waals surface area contributed by atoms with Crippen LogP contribution in [-0.2, 0) is 16.1 Å². The van der Waals surface area contributed by atoms with Crippen LogP contribution in [0.2, 0.25) is 0 Å². The van der Waals surface area contributed by atoms with Crippen molar-refractivity contribution in [3.63, 3.8) is 0 Å². The number of carbonyl (C=O) groups excluding carboxylic acids is 2. The Morgan fingerprint density at radius 1 is 1.31 bits per heavy atom. The lowest BCUT2D eigenvalue weighted by Gasteiger charge is -2.07. The number of furan rings is 1. The first-order chi connectivity index (χ1) is 14.0. The summed E-state index contributed by atoms with van der Waals surface area (Å²) in [5.74, 6) is 0.101. The number of hydrogen-bond acceptors (Lipinski definition) is 8. The first-order valence-electron chi connectivity index (χ1n) is 9.26. The van der Waals surface area contributed by atoms with Crippen molar-refractivity contribution in [2.24, 2.45) is 0 Å². The molecule has 1 N–H and O–H groups in total. The summed E-state index contributed by atoms with van der Waals surface area (Å²) in [4.78, 5) is 44.4. The monoisotopic (exact) mass is 397 g/mol. The van der Waals surface area contributed by atoms with Crippen molar-refractivity contribution >= 4 is 28.8 Å². The van der Waals surface area contributed by atoms with Gasteiger partial charge in [-0.1, -0.05) is 0 Å². The Hall–Kier alpha value is -3.56. The van der Waals surface area contributed by atoms with Gasteiger partial charge in [0.25, 0.3) is 5.56 Å². The molecule has 3 aromatic heterocycles. The lowest BCUT2D eigenvalue weighted by molar-refractivity contribution is -0.117. The molecule has 10 nitrogen and oxygen atoms in total. The molecule has 1 aliphatic rings. The summed E-state index contributed by atoms with van der Waals surface area (Å²) in [5.41, 5.74) is 0.783. The zero-order chi connectivity index (χ0) is 20.5. The largest absolute Gasteiger partial charge is 0.462 e. The Morgan fingerprint density at radius 2 is 2.03 bits per heavy atom. The molecule has 1 saturated carbocycles. The molecule has 4 rings (SSSR count). The van der Waals surface area contributed by atoms with Crippen LogP contribution in [-0.4, -0.2) is 38.2 Å². The van der Waals surface area contributed by atoms with E-state index in [9.17, 15) is 14.4 Å². The zero-order valence-corrected chi connectivity index (χ0v) is 16.0. The maximum absolute atomic E-state index is 12.7. The molecular weight excluding hydrogens is 378 g/mol. The van der Waals surface area contributed by atoms with Crippen molar-refractivity contribution in [1.82, 2.24) is 19.7 Å². The third kappa shape index (κ3) is 3.86. The number of esters is 1. The molecule has 0 aliphatic heterocycles. The quantitative estimate of drug-likeness (QED) is 0.623. The molecule has 0 radical (unpaired) electrons. The Morgan fingerprint density at radius 3 is 2.69 bits per heavy atom. The predicted molar refractivity (Wildman–Crippen MR) is 102 cm³/mol. The SMILES string of the molecule is CCOC(=O)c1cnc(NC(=O)Cn2nc(C)c3oc(C4CC4)cc3c2=O)nc1. The number of rotatable bonds is 6. The predicted octanol–water partition coefficient (Wildman–Crippen LogP) is 1.78. The van der Waals surface area contributed by atoms with Crippen LogP contribution in [0.15, 0.2) is 27.7 Å². The Labute approximate surface area is 164 Å². The highest BCUT2D eigenvalue weighted by atomic mass is 16.5. The van der Waals surface area contributed by atoms with E-state index in [1.807, 2.05) is 0 Å². The minimum Gasteiger partial charge on any atom is -0.462 e. The number of hydrogen-bond donors (Lipinski definition) is 1. The lowest BCUT2D eigenvalue weighted by atomic mass is 10.2. The minimum atomic E-state index is -0.546. The van der Waals surface area contributed by atoms with Gasteiger partial charge in [-0.2, -0.15) is 5.10 Å². The van der Waals surface area contributed by atoms with E-state index >= 15 is 0 Å². The van der Waals surface area contributed by atoms with Crippen LogP contribution in [0, 0.1) is 6.92 Å². The molecule has 150 valence electrons. The molecule has 0 atom stereocenters. The van der Waals surface area contributed by atoms with Crippen molar-refractivity contribution in [2.75, 3.05) is 11.9 Å². The Bertz CT molecular complexity index is 1140. The molecule has 10 heteroatoms. The van der Waals surface area contributed by atoms with E-state index in [1.54, 1.807) is 19.9 Å². The van der Waals surface area contributed by atoms with E-state index in [0.717, 1.165) is 23.3 Å². The summed E-state index contributed by atoms with van der Waals surface area (Å²) >= 11 is 0. The van der Waals surface area contributed by atoms with Crippen molar-refractivity contribution in [3.8, 4) is 0 Å². The van der Waals surface area contributed by atoms with Crippen LogP contribution in [0.25, 0.3) is 11.0 Å². The fourth-order valence-corrected chi connectivity index (χ4v) is 2.94. The van der Waals surface area contributed by atoms with E-state index < -0.39 is 17.4 Å². The van der Waals surface area contributed by atoms with Crippen LogP contribution in [0.3, 0.4) is 0 Å². The van der Waals surface area contributed by atoms with E-state index in [1.165, 1.54) is 12.4 Å². The molecule has 29 heavy (non-hydrogen) atoms. The second-order valence-electron chi connectivity index (χ2n) is 6.78. The standard InChI is InChI=1S/C19H19N5O5/c1-3-28-18(27)12-7-20-19(21-8-12)22-15(25)9-24-17(26)13-6-14(11-4-5-11)29-16(13)10(2)23-24/h6-8,11H,3-5,9H2,1-2H3,(H,20,21,22,25). The maximum Gasteiger partial charge on any atom is 0.341 e. The molecule has 0 spiro atoms. The van der Waals surface area contributed by atoms with Crippen molar-refractivity contribution in [3.05, 3.63) is 45.8 Å². The molecule has 1 amide bonds. The summed E-state index contributed by atoms with van der Waals surface area (Å²) in [5, 5.41) is 7.08. The normalized spacial score (nSPS) is 13.4. The summed E-state index contributed by atoms with van der Waals surface area (Å²) in [6.45, 7) is 3.36. The molecule has 0 aromatic carbocycles. The van der Waals surface area contributed by atoms with Crippen LogP contribution in [0.5, 0.6) is 0 Å². The van der Waals surface area contributed by atoms with E-state index in [-0.39, 0.29) is 24.7 Å². The third-order valence-electron chi connectivity index (χ3n) is 4.50. The summed E-state index contributed by atoms with van der Waals surface area (Å²) in [6.07, 6.45) is 4.62. The van der Waals surface area contributed by atoms with Crippen molar-refractivity contribution < 1.29 is 18.7 Å². The van der Waals surface area contributed by atoms with Gasteiger partial charge in [-0.15, -0.1) is 0 Å². The lowest BCUT2D eigenvalue weighted by Crippen LogP contribution is -2.30. The van der Waals surface area contributed by atoms with Crippen LogP contribution >= 0.6 is 0 Å². The van der Waals surface area contributed by atoms with Gasteiger partial charge in [0, 0.05) is 18.3 Å². The fraction of sp³-hybridized carbons (Fsp3) is 0.368. The van der Waals surface area contributed by atoms with Gasteiger partial charge < -0.3 is 9.15 Å². The molecular formula is C19H19N5O5. The van der Waals surface area contributed by atoms with E-state index in [0.29, 0.717) is 22.6 Å². The molecule has 0 unspecified atom stereocenters. The van der Waals surface area contributed by atoms with Crippen LogP contribution < -0.4 is 10.9 Å². The third-order valence-corrected chi connectivity index (χ3v) is 4.50. The molecule has 1 fully saturated rings. The molecule has 0 bridgehead atoms. The number of aryl methyl sites for hydroxylation is 1. The molecule has 3 heterocycles. The van der Waals surface area contributed by atoms with Gasteiger partial charge in [0.15, 0.2) is 5.58 Å². The highest BCUT2D eigenvalue weighted by Crippen LogP contribution is 2.41. The number of nitrogens with one attached hydrogen (secondary N) is 1. The second kappa shape index (κ2) is 7.46. The summed E-state index contributed by atoms with van der Waals surface area (Å²) in [7, 11) is 0. The summed E-state index contributed by atoms with van der Waals surface area (Å²) < 4.78 is 11.7. The number of anilines is 1. The van der Waals surface area contributed by atoms with E-state index in [4.69, 9.17) is 9.15 Å². The topological polar surface area (TPSA) is 129 Å². The van der Waals surface area contributed by atoms with Gasteiger partial charge >= 0.3 is 5.97 Å². The molecule has 3 aromatic rings. The van der Waals surface area contributed by atoms with Gasteiger partial charge in [-0.25, -0.2) is 19.4 Å². The van der Waals surface area contributed by atoms with Gasteiger partial charge in [0.2, 0.25) is 11.9 Å². The first-order valence-corrected chi connectivity index (χ1v) is 9.26. The average molecular weight is 397 g/mol. The highest BCUT2D eigenvalue weighted by Gasteiger charge is 2.28. The molecule has 1 aliphatic carbocycles. The Kier molecular flexibility index (Phi) is 4.83. The molecule has 0 saturated heterocycles. The number of fused-ring (bicyclic) bond motifs is 1. The van der Waals surface area contributed by atoms with Gasteiger partial charge in [0.1, 0.15) is 18.0 Å². The first kappa shape index (κ1) is 18.8. The van der Waals surface area contributed by atoms with Crippen LogP contribution in [0.1, 0.15) is 47.5 Å². The number of amides is 1.